The average Bonchev–Trinajstić information content (AvgIpc) is 3.19. The van der Waals surface area contributed by atoms with Gasteiger partial charge in [-0.15, -0.1) is 0 Å². The lowest BCUT2D eigenvalue weighted by atomic mass is 10.1. The van der Waals surface area contributed by atoms with E-state index in [-0.39, 0.29) is 22.6 Å². The standard InChI is InChI=1S/C31H31ClN2O5/c1-5-37-29-18-23(11-14-28(29)38-16-15-22-9-7-6-8-10-22)17-25-21(4)33-34(30(25)35)24-12-13-27(32)26(19-24)31(36)39-20(2)3/h6-14,17-20H,5,15-16H2,1-4H3/b25-17-. The Hall–Kier alpha value is -4.10. The van der Waals surface area contributed by atoms with E-state index in [1.807, 2.05) is 43.3 Å². The van der Waals surface area contributed by atoms with Gasteiger partial charge in [0.1, 0.15) is 0 Å². The molecule has 4 rings (SSSR count). The molecule has 202 valence electrons. The summed E-state index contributed by atoms with van der Waals surface area (Å²) >= 11 is 6.22. The number of carbonyl (C=O) groups is 2. The van der Waals surface area contributed by atoms with Crippen LogP contribution in [-0.2, 0) is 16.0 Å². The summed E-state index contributed by atoms with van der Waals surface area (Å²) in [7, 11) is 0. The summed E-state index contributed by atoms with van der Waals surface area (Å²) in [5, 5.41) is 5.93. The molecule has 3 aromatic rings. The average molecular weight is 547 g/mol. The van der Waals surface area contributed by atoms with Crippen molar-refractivity contribution in [2.75, 3.05) is 18.2 Å². The molecular weight excluding hydrogens is 516 g/mol. The molecule has 0 spiro atoms. The van der Waals surface area contributed by atoms with Crippen molar-refractivity contribution < 1.29 is 23.8 Å². The van der Waals surface area contributed by atoms with E-state index in [0.29, 0.717) is 41.7 Å². The Kier molecular flexibility index (Phi) is 9.04. The summed E-state index contributed by atoms with van der Waals surface area (Å²) in [6.45, 7) is 8.16. The van der Waals surface area contributed by atoms with Crippen molar-refractivity contribution in [3.8, 4) is 11.5 Å². The van der Waals surface area contributed by atoms with Gasteiger partial charge in [-0.2, -0.15) is 10.1 Å². The molecule has 0 N–H and O–H groups in total. The highest BCUT2D eigenvalue weighted by atomic mass is 35.5. The van der Waals surface area contributed by atoms with Crippen LogP contribution >= 0.6 is 11.6 Å². The molecule has 39 heavy (non-hydrogen) atoms. The molecule has 0 unspecified atom stereocenters. The van der Waals surface area contributed by atoms with E-state index >= 15 is 0 Å². The fourth-order valence-corrected chi connectivity index (χ4v) is 4.23. The molecule has 1 heterocycles. The van der Waals surface area contributed by atoms with Crippen LogP contribution in [0.4, 0.5) is 5.69 Å². The maximum Gasteiger partial charge on any atom is 0.339 e. The summed E-state index contributed by atoms with van der Waals surface area (Å²) in [5.74, 6) is 0.359. The molecule has 0 atom stereocenters. The van der Waals surface area contributed by atoms with Crippen LogP contribution < -0.4 is 14.5 Å². The molecule has 8 heteroatoms. The summed E-state index contributed by atoms with van der Waals surface area (Å²) in [6.07, 6.45) is 2.24. The van der Waals surface area contributed by atoms with E-state index in [4.69, 9.17) is 25.8 Å². The SMILES string of the molecule is CCOc1cc(/C=C2\C(=O)N(c3ccc(Cl)c(C(=O)OC(C)C)c3)N=C2C)ccc1OCCc1ccccc1. The third-order valence-electron chi connectivity index (χ3n) is 5.89. The molecule has 0 radical (unpaired) electrons. The molecule has 1 amide bonds. The maximum absolute atomic E-state index is 13.4. The molecule has 7 nitrogen and oxygen atoms in total. The predicted molar refractivity (Wildman–Crippen MR) is 154 cm³/mol. The molecule has 0 fully saturated rings. The van der Waals surface area contributed by atoms with Gasteiger partial charge < -0.3 is 14.2 Å². The first-order valence-corrected chi connectivity index (χ1v) is 13.2. The van der Waals surface area contributed by atoms with Gasteiger partial charge in [-0.25, -0.2) is 4.79 Å². The van der Waals surface area contributed by atoms with E-state index in [1.54, 1.807) is 39.0 Å². The lowest BCUT2D eigenvalue weighted by Crippen LogP contribution is -2.22. The second kappa shape index (κ2) is 12.6. The largest absolute Gasteiger partial charge is 0.490 e. The fraction of sp³-hybridized carbons (Fsp3) is 0.258. The van der Waals surface area contributed by atoms with Crippen molar-refractivity contribution in [1.29, 1.82) is 0 Å². The third kappa shape index (κ3) is 6.86. The molecule has 0 saturated carbocycles. The minimum Gasteiger partial charge on any atom is -0.490 e. The summed E-state index contributed by atoms with van der Waals surface area (Å²) in [6, 6.07) is 20.4. The zero-order valence-electron chi connectivity index (χ0n) is 22.4. The normalized spacial score (nSPS) is 14.1. The quantitative estimate of drug-likeness (QED) is 0.208. The Morgan fingerprint density at radius 3 is 2.51 bits per heavy atom. The number of hydrogen-bond donors (Lipinski definition) is 0. The van der Waals surface area contributed by atoms with Crippen LogP contribution in [0.2, 0.25) is 5.02 Å². The van der Waals surface area contributed by atoms with Crippen molar-refractivity contribution in [1.82, 2.24) is 0 Å². The van der Waals surface area contributed by atoms with Crippen LogP contribution in [0.1, 0.15) is 49.2 Å². The number of hydrazone groups is 1. The number of rotatable bonds is 10. The Labute approximate surface area is 233 Å². The topological polar surface area (TPSA) is 77.4 Å². The minimum absolute atomic E-state index is 0.171. The predicted octanol–water partition coefficient (Wildman–Crippen LogP) is 6.73. The number of anilines is 1. The second-order valence-electron chi connectivity index (χ2n) is 9.20. The molecule has 3 aromatic carbocycles. The van der Waals surface area contributed by atoms with Crippen LogP contribution in [0.25, 0.3) is 6.08 Å². The number of halogens is 1. The second-order valence-corrected chi connectivity index (χ2v) is 9.61. The number of ether oxygens (including phenoxy) is 3. The Morgan fingerprint density at radius 2 is 1.79 bits per heavy atom. The molecular formula is C31H31ClN2O5. The van der Waals surface area contributed by atoms with Crippen molar-refractivity contribution in [3.05, 3.63) is 94.0 Å². The Morgan fingerprint density at radius 1 is 1.03 bits per heavy atom. The van der Waals surface area contributed by atoms with Crippen molar-refractivity contribution in [2.24, 2.45) is 5.10 Å². The minimum atomic E-state index is -0.561. The highest BCUT2D eigenvalue weighted by Gasteiger charge is 2.30. The Bertz CT molecular complexity index is 1420. The summed E-state index contributed by atoms with van der Waals surface area (Å²) in [4.78, 5) is 25.8. The smallest absolute Gasteiger partial charge is 0.339 e. The van der Waals surface area contributed by atoms with Gasteiger partial charge >= 0.3 is 5.97 Å². The number of amides is 1. The molecule has 0 aromatic heterocycles. The first-order chi connectivity index (χ1) is 18.8. The number of carbonyl (C=O) groups excluding carboxylic acids is 2. The van der Waals surface area contributed by atoms with Gasteiger partial charge in [0.2, 0.25) is 0 Å². The van der Waals surface area contributed by atoms with Gasteiger partial charge in [0, 0.05) is 6.42 Å². The van der Waals surface area contributed by atoms with Gasteiger partial charge in [0.25, 0.3) is 5.91 Å². The van der Waals surface area contributed by atoms with E-state index in [9.17, 15) is 9.59 Å². The Balaban J connectivity index is 1.53. The first-order valence-electron chi connectivity index (χ1n) is 12.8. The van der Waals surface area contributed by atoms with Crippen molar-refractivity contribution in [3.63, 3.8) is 0 Å². The zero-order chi connectivity index (χ0) is 27.9. The van der Waals surface area contributed by atoms with Gasteiger partial charge in [-0.05, 0) is 75.2 Å². The molecule has 0 aliphatic carbocycles. The maximum atomic E-state index is 13.4. The van der Waals surface area contributed by atoms with E-state index in [2.05, 4.69) is 17.2 Å². The summed E-state index contributed by atoms with van der Waals surface area (Å²) in [5.41, 5.74) is 3.52. The van der Waals surface area contributed by atoms with Gasteiger partial charge in [-0.1, -0.05) is 48.0 Å². The molecule has 1 aliphatic rings. The van der Waals surface area contributed by atoms with E-state index < -0.39 is 5.97 Å². The van der Waals surface area contributed by atoms with Crippen molar-refractivity contribution >= 4 is 41.0 Å². The number of nitrogens with zero attached hydrogens (tertiary/aromatic N) is 2. The fourth-order valence-electron chi connectivity index (χ4n) is 4.03. The highest BCUT2D eigenvalue weighted by Crippen LogP contribution is 2.32. The number of benzene rings is 3. The molecule has 1 aliphatic heterocycles. The van der Waals surface area contributed by atoms with E-state index in [0.717, 1.165) is 12.0 Å². The summed E-state index contributed by atoms with van der Waals surface area (Å²) < 4.78 is 17.1. The van der Waals surface area contributed by atoms with Gasteiger partial charge in [-0.3, -0.25) is 4.79 Å². The molecule has 0 saturated heterocycles. The third-order valence-corrected chi connectivity index (χ3v) is 6.22. The van der Waals surface area contributed by atoms with Crippen LogP contribution in [0.15, 0.2) is 77.4 Å². The van der Waals surface area contributed by atoms with Crippen LogP contribution in [0, 0.1) is 0 Å². The van der Waals surface area contributed by atoms with E-state index in [1.165, 1.54) is 16.6 Å². The lowest BCUT2D eigenvalue weighted by Gasteiger charge is -2.15. The number of esters is 1. The van der Waals surface area contributed by atoms with Gasteiger partial charge in [0.05, 0.1) is 46.9 Å². The van der Waals surface area contributed by atoms with Gasteiger partial charge in [0.15, 0.2) is 11.5 Å². The lowest BCUT2D eigenvalue weighted by molar-refractivity contribution is -0.114. The van der Waals surface area contributed by atoms with Crippen molar-refractivity contribution in [2.45, 2.75) is 40.2 Å². The number of hydrogen-bond acceptors (Lipinski definition) is 6. The van der Waals surface area contributed by atoms with Crippen LogP contribution in [0.5, 0.6) is 11.5 Å². The monoisotopic (exact) mass is 546 g/mol. The van der Waals surface area contributed by atoms with Crippen LogP contribution in [-0.4, -0.2) is 36.9 Å². The zero-order valence-corrected chi connectivity index (χ0v) is 23.2. The van der Waals surface area contributed by atoms with Crippen LogP contribution in [0.3, 0.4) is 0 Å². The molecule has 0 bridgehead atoms. The first kappa shape index (κ1) is 27.9. The highest BCUT2D eigenvalue weighted by molar-refractivity contribution is 6.34.